The smallest absolute Gasteiger partial charge is 0.317 e. The van der Waals surface area contributed by atoms with Gasteiger partial charge >= 0.3 is 6.03 Å². The van der Waals surface area contributed by atoms with E-state index in [1.807, 2.05) is 86.4 Å². The Bertz CT molecular complexity index is 1780. The summed E-state index contributed by atoms with van der Waals surface area (Å²) in [7, 11) is 5.81. The number of rotatable bonds is 6. The molecule has 1 aromatic heterocycles. The van der Waals surface area contributed by atoms with E-state index in [0.717, 1.165) is 64.1 Å². The van der Waals surface area contributed by atoms with Crippen LogP contribution in [0.15, 0.2) is 72.9 Å². The Kier molecular flexibility index (Phi) is 9.05. The summed E-state index contributed by atoms with van der Waals surface area (Å²) in [5.41, 5.74) is 7.42. The molecule has 2 aliphatic rings. The molecule has 4 aromatic rings. The van der Waals surface area contributed by atoms with Crippen molar-refractivity contribution in [3.63, 3.8) is 0 Å². The SMILES string of the molecule is Cc1cc(C(=O)N2Cc3cnn(C)c3Nc3ccccc32)ccc1CNC(=O)N1CCN(Cc2cccc(C(=S)N(C)C)c2)CC1. The standard InChI is InChI=1S/C35H40N8O2S/c1-24-18-26(33(44)43-23-29-21-37-40(4)32(29)38-30-10-5-6-11-31(30)43)12-13-28(24)20-36-35(45)42-16-14-41(15-17-42)22-25-8-7-9-27(19-25)34(46)39(2)3/h5-13,18-19,21,38H,14-17,20,22-23H2,1-4H3,(H,36,45). The lowest BCUT2D eigenvalue weighted by molar-refractivity contribution is 0.0985. The van der Waals surface area contributed by atoms with Gasteiger partial charge in [0.25, 0.3) is 5.91 Å². The molecule has 6 rings (SSSR count). The number of urea groups is 1. The van der Waals surface area contributed by atoms with Crippen LogP contribution in [-0.2, 0) is 26.7 Å². The van der Waals surface area contributed by atoms with Crippen molar-refractivity contribution < 1.29 is 9.59 Å². The highest BCUT2D eigenvalue weighted by atomic mass is 32.1. The topological polar surface area (TPSA) is 89.0 Å². The minimum absolute atomic E-state index is 0.0709. The normalized spacial score (nSPS) is 14.5. The van der Waals surface area contributed by atoms with Gasteiger partial charge in [0.2, 0.25) is 0 Å². The van der Waals surface area contributed by atoms with Gasteiger partial charge in [0, 0.05) is 77.1 Å². The molecular formula is C35H40N8O2S. The number of nitrogens with zero attached hydrogens (tertiary/aromatic N) is 6. The zero-order valence-corrected chi connectivity index (χ0v) is 27.6. The summed E-state index contributed by atoms with van der Waals surface area (Å²) in [6.07, 6.45) is 1.80. The predicted molar refractivity (Wildman–Crippen MR) is 186 cm³/mol. The molecule has 0 aliphatic carbocycles. The second-order valence-corrected chi connectivity index (χ2v) is 12.5. The number of carbonyl (C=O) groups is 2. The van der Waals surface area contributed by atoms with Gasteiger partial charge in [-0.25, -0.2) is 4.79 Å². The summed E-state index contributed by atoms with van der Waals surface area (Å²) in [6.45, 7) is 6.56. The molecule has 3 amide bonds. The van der Waals surface area contributed by atoms with Crippen molar-refractivity contribution >= 4 is 46.3 Å². The van der Waals surface area contributed by atoms with Gasteiger partial charge in [-0.2, -0.15) is 5.10 Å². The first-order valence-corrected chi connectivity index (χ1v) is 15.9. The van der Waals surface area contributed by atoms with Crippen LogP contribution in [0.3, 0.4) is 0 Å². The lowest BCUT2D eigenvalue weighted by Gasteiger charge is -2.34. The first kappa shape index (κ1) is 31.3. The number of amides is 3. The molecule has 46 heavy (non-hydrogen) atoms. The van der Waals surface area contributed by atoms with Gasteiger partial charge in [-0.1, -0.05) is 48.6 Å². The first-order chi connectivity index (χ1) is 22.2. The van der Waals surface area contributed by atoms with Crippen molar-refractivity contribution in [2.45, 2.75) is 26.6 Å². The molecule has 3 aromatic carbocycles. The summed E-state index contributed by atoms with van der Waals surface area (Å²) < 4.78 is 1.79. The number of aryl methyl sites for hydroxylation is 2. The molecule has 11 heteroatoms. The molecule has 0 spiro atoms. The number of aromatic nitrogens is 2. The number of nitrogens with one attached hydrogen (secondary N) is 2. The summed E-state index contributed by atoms with van der Waals surface area (Å²) in [6, 6.07) is 21.8. The quantitative estimate of drug-likeness (QED) is 0.291. The highest BCUT2D eigenvalue weighted by molar-refractivity contribution is 7.80. The van der Waals surface area contributed by atoms with E-state index in [2.05, 4.69) is 38.8 Å². The molecule has 2 N–H and O–H groups in total. The van der Waals surface area contributed by atoms with Crippen molar-refractivity contribution in [2.75, 3.05) is 50.5 Å². The van der Waals surface area contributed by atoms with Crippen LogP contribution in [0.1, 0.15) is 38.2 Å². The van der Waals surface area contributed by atoms with E-state index in [4.69, 9.17) is 12.2 Å². The maximum absolute atomic E-state index is 13.9. The molecule has 0 atom stereocenters. The highest BCUT2D eigenvalue weighted by Crippen LogP contribution is 2.36. The molecule has 0 radical (unpaired) electrons. The molecule has 0 saturated carbocycles. The van der Waals surface area contributed by atoms with Crippen molar-refractivity contribution in [1.29, 1.82) is 0 Å². The number of hydrogen-bond donors (Lipinski definition) is 2. The fourth-order valence-electron chi connectivity index (χ4n) is 6.03. The molecule has 3 heterocycles. The summed E-state index contributed by atoms with van der Waals surface area (Å²) >= 11 is 5.54. The van der Waals surface area contributed by atoms with E-state index in [1.165, 1.54) is 5.56 Å². The number of para-hydroxylation sites is 2. The van der Waals surface area contributed by atoms with Crippen molar-refractivity contribution in [1.82, 2.24) is 29.8 Å². The van der Waals surface area contributed by atoms with Crippen LogP contribution in [0.4, 0.5) is 22.0 Å². The van der Waals surface area contributed by atoms with E-state index >= 15 is 0 Å². The Hall–Kier alpha value is -4.74. The Morgan fingerprint density at radius 2 is 1.76 bits per heavy atom. The molecule has 10 nitrogen and oxygen atoms in total. The molecule has 1 saturated heterocycles. The van der Waals surface area contributed by atoms with Gasteiger partial charge in [-0.3, -0.25) is 14.4 Å². The number of benzene rings is 3. The number of hydrogen-bond acceptors (Lipinski definition) is 6. The maximum Gasteiger partial charge on any atom is 0.317 e. The fraction of sp³-hybridized carbons (Fsp3) is 0.314. The molecule has 238 valence electrons. The number of anilines is 3. The molecule has 0 bridgehead atoms. The average Bonchev–Trinajstić information content (AvgIpc) is 3.30. The fourth-order valence-corrected chi connectivity index (χ4v) is 6.16. The molecule has 0 unspecified atom stereocenters. The van der Waals surface area contributed by atoms with Crippen LogP contribution in [0.2, 0.25) is 0 Å². The zero-order valence-electron chi connectivity index (χ0n) is 26.8. The van der Waals surface area contributed by atoms with Gasteiger partial charge < -0.3 is 25.3 Å². The third kappa shape index (κ3) is 6.61. The van der Waals surface area contributed by atoms with Crippen LogP contribution < -0.4 is 15.5 Å². The summed E-state index contributed by atoms with van der Waals surface area (Å²) in [5, 5.41) is 10.9. The second kappa shape index (κ2) is 13.3. The van der Waals surface area contributed by atoms with Crippen molar-refractivity contribution in [2.24, 2.45) is 7.05 Å². The Labute approximate surface area is 275 Å². The first-order valence-electron chi connectivity index (χ1n) is 15.5. The molecule has 2 aliphatic heterocycles. The van der Waals surface area contributed by atoms with Gasteiger partial charge in [-0.05, 0) is 53.9 Å². The molecular weight excluding hydrogens is 597 g/mol. The van der Waals surface area contributed by atoms with Crippen LogP contribution in [0.5, 0.6) is 0 Å². The maximum atomic E-state index is 13.9. The van der Waals surface area contributed by atoms with Crippen molar-refractivity contribution in [3.8, 4) is 0 Å². The predicted octanol–water partition coefficient (Wildman–Crippen LogP) is 4.90. The highest BCUT2D eigenvalue weighted by Gasteiger charge is 2.27. The van der Waals surface area contributed by atoms with Crippen LogP contribution in [0, 0.1) is 6.92 Å². The van der Waals surface area contributed by atoms with Crippen LogP contribution in [0.25, 0.3) is 0 Å². The average molecular weight is 637 g/mol. The monoisotopic (exact) mass is 636 g/mol. The van der Waals surface area contributed by atoms with E-state index in [-0.39, 0.29) is 11.9 Å². The van der Waals surface area contributed by atoms with E-state index in [0.29, 0.717) is 31.7 Å². The third-order valence-electron chi connectivity index (χ3n) is 8.70. The number of carbonyl (C=O) groups excluding carboxylic acids is 2. The number of piperazine rings is 1. The minimum atomic E-state index is -0.0883. The number of fused-ring (bicyclic) bond motifs is 2. The zero-order chi connectivity index (χ0) is 32.4. The van der Waals surface area contributed by atoms with Gasteiger partial charge in [0.15, 0.2) is 0 Å². The third-order valence-corrected chi connectivity index (χ3v) is 9.30. The van der Waals surface area contributed by atoms with E-state index in [9.17, 15) is 9.59 Å². The Morgan fingerprint density at radius 1 is 0.978 bits per heavy atom. The Morgan fingerprint density at radius 3 is 2.52 bits per heavy atom. The minimum Gasteiger partial charge on any atom is -0.368 e. The van der Waals surface area contributed by atoms with Crippen LogP contribution in [-0.4, -0.2) is 81.7 Å². The Balaban J connectivity index is 1.04. The largest absolute Gasteiger partial charge is 0.368 e. The van der Waals surface area contributed by atoms with Crippen LogP contribution >= 0.6 is 12.2 Å². The van der Waals surface area contributed by atoms with Gasteiger partial charge in [-0.15, -0.1) is 0 Å². The van der Waals surface area contributed by atoms with Gasteiger partial charge in [0.05, 0.1) is 24.1 Å². The summed E-state index contributed by atoms with van der Waals surface area (Å²) in [5.74, 6) is 0.789. The van der Waals surface area contributed by atoms with E-state index < -0.39 is 0 Å². The van der Waals surface area contributed by atoms with Gasteiger partial charge in [0.1, 0.15) is 10.8 Å². The second-order valence-electron chi connectivity index (χ2n) is 12.1. The van der Waals surface area contributed by atoms with Crippen molar-refractivity contribution in [3.05, 3.63) is 106 Å². The summed E-state index contributed by atoms with van der Waals surface area (Å²) in [4.78, 5) is 35.7. The lowest BCUT2D eigenvalue weighted by Crippen LogP contribution is -2.51. The lowest BCUT2D eigenvalue weighted by atomic mass is 10.0. The molecule has 1 fully saturated rings. The number of thiocarbonyl (C=S) groups is 1. The van der Waals surface area contributed by atoms with E-state index in [1.54, 1.807) is 15.8 Å².